The van der Waals surface area contributed by atoms with Gasteiger partial charge in [0.15, 0.2) is 0 Å². The topological polar surface area (TPSA) is 32.8 Å². The molecule has 1 aromatic carbocycles. The molecule has 0 spiro atoms. The second-order valence-electron chi connectivity index (χ2n) is 5.30. The van der Waals surface area contributed by atoms with Crippen molar-refractivity contribution < 1.29 is 9.53 Å². The lowest BCUT2D eigenvalue weighted by atomic mass is 10.0. The van der Waals surface area contributed by atoms with Gasteiger partial charge in [-0.1, -0.05) is 0 Å². The molecule has 0 radical (unpaired) electrons. The third-order valence-electron chi connectivity index (χ3n) is 3.95. The Morgan fingerprint density at radius 1 is 1.40 bits per heavy atom. The Hall–Kier alpha value is -1.07. The van der Waals surface area contributed by atoms with Gasteiger partial charge in [0, 0.05) is 18.7 Å². The average molecular weight is 341 g/mol. The molecular formula is C15H21BrN2O2. The molecule has 0 N–H and O–H groups in total. The molecule has 110 valence electrons. The van der Waals surface area contributed by atoms with Crippen molar-refractivity contribution >= 4 is 21.8 Å². The molecule has 0 saturated carbocycles. The van der Waals surface area contributed by atoms with Crippen molar-refractivity contribution in [2.24, 2.45) is 0 Å². The van der Waals surface area contributed by atoms with Crippen molar-refractivity contribution in [1.82, 2.24) is 9.80 Å². The number of hydrogen-bond acceptors (Lipinski definition) is 3. The largest absolute Gasteiger partial charge is 0.496 e. The monoisotopic (exact) mass is 340 g/mol. The van der Waals surface area contributed by atoms with E-state index in [1.54, 1.807) is 7.11 Å². The van der Waals surface area contributed by atoms with E-state index in [2.05, 4.69) is 27.9 Å². The summed E-state index contributed by atoms with van der Waals surface area (Å²) in [5, 5.41) is 0. The van der Waals surface area contributed by atoms with Gasteiger partial charge in [-0.25, -0.2) is 0 Å². The molecule has 1 aliphatic heterocycles. The highest BCUT2D eigenvalue weighted by atomic mass is 79.9. The average Bonchev–Trinajstić information content (AvgIpc) is 2.46. The van der Waals surface area contributed by atoms with Gasteiger partial charge in [-0.05, 0) is 67.1 Å². The summed E-state index contributed by atoms with van der Waals surface area (Å²) in [7, 11) is 5.64. The number of carbonyl (C=O) groups is 1. The van der Waals surface area contributed by atoms with Crippen LogP contribution in [0.4, 0.5) is 0 Å². The molecule has 1 heterocycles. The summed E-state index contributed by atoms with van der Waals surface area (Å²) in [5.41, 5.74) is 0.694. The van der Waals surface area contributed by atoms with Crippen molar-refractivity contribution in [2.45, 2.75) is 18.9 Å². The summed E-state index contributed by atoms with van der Waals surface area (Å²) in [6.45, 7) is 2.10. The van der Waals surface area contributed by atoms with E-state index in [4.69, 9.17) is 4.74 Å². The Balaban J connectivity index is 2.08. The molecule has 0 atom stereocenters. The van der Waals surface area contributed by atoms with Crippen molar-refractivity contribution in [1.29, 1.82) is 0 Å². The van der Waals surface area contributed by atoms with Gasteiger partial charge in [0.05, 0.1) is 11.6 Å². The number of carbonyl (C=O) groups excluding carboxylic acids is 1. The van der Waals surface area contributed by atoms with Crippen LogP contribution in [0.3, 0.4) is 0 Å². The predicted octanol–water partition coefficient (Wildman–Crippen LogP) is 2.62. The summed E-state index contributed by atoms with van der Waals surface area (Å²) in [4.78, 5) is 16.7. The first kappa shape index (κ1) is 15.3. The third-order valence-corrected chi connectivity index (χ3v) is 4.57. The van der Waals surface area contributed by atoms with Gasteiger partial charge < -0.3 is 14.5 Å². The molecule has 0 bridgehead atoms. The first-order chi connectivity index (χ1) is 9.52. The van der Waals surface area contributed by atoms with Crippen LogP contribution in [-0.4, -0.2) is 56.0 Å². The summed E-state index contributed by atoms with van der Waals surface area (Å²) in [6, 6.07) is 5.80. The Kier molecular flexibility index (Phi) is 5.05. The van der Waals surface area contributed by atoms with Gasteiger partial charge in [0.25, 0.3) is 5.91 Å². The number of amides is 1. The summed E-state index contributed by atoms with van der Waals surface area (Å²) >= 11 is 3.43. The van der Waals surface area contributed by atoms with Crippen LogP contribution in [0.25, 0.3) is 0 Å². The summed E-state index contributed by atoms with van der Waals surface area (Å²) in [6.07, 6.45) is 2.08. The molecule has 0 aliphatic carbocycles. The van der Waals surface area contributed by atoms with E-state index in [-0.39, 0.29) is 5.91 Å². The second-order valence-corrected chi connectivity index (χ2v) is 6.15. The van der Waals surface area contributed by atoms with Gasteiger partial charge in [-0.15, -0.1) is 0 Å². The van der Waals surface area contributed by atoms with Gasteiger partial charge in [-0.2, -0.15) is 0 Å². The normalized spacial score (nSPS) is 17.0. The van der Waals surface area contributed by atoms with E-state index in [0.717, 1.165) is 36.2 Å². The fourth-order valence-corrected chi connectivity index (χ4v) is 3.09. The molecular weight excluding hydrogens is 320 g/mol. The van der Waals surface area contributed by atoms with E-state index < -0.39 is 0 Å². The molecule has 1 fully saturated rings. The first-order valence-electron chi connectivity index (χ1n) is 6.82. The van der Waals surface area contributed by atoms with Crippen LogP contribution in [0.1, 0.15) is 23.2 Å². The maximum absolute atomic E-state index is 12.5. The van der Waals surface area contributed by atoms with Crippen molar-refractivity contribution in [3.8, 4) is 5.75 Å². The number of methoxy groups -OCH3 is 1. The highest BCUT2D eigenvalue weighted by Gasteiger charge is 2.24. The number of halogens is 1. The molecule has 1 amide bonds. The van der Waals surface area contributed by atoms with Crippen molar-refractivity contribution in [2.75, 3.05) is 34.3 Å². The van der Waals surface area contributed by atoms with E-state index in [0.29, 0.717) is 11.6 Å². The summed E-state index contributed by atoms with van der Waals surface area (Å²) < 4.78 is 6.00. The van der Waals surface area contributed by atoms with Crippen LogP contribution >= 0.6 is 15.9 Å². The predicted molar refractivity (Wildman–Crippen MR) is 83.3 cm³/mol. The third kappa shape index (κ3) is 3.33. The van der Waals surface area contributed by atoms with Crippen LogP contribution in [0, 0.1) is 0 Å². The standard InChI is InChI=1S/C15H21BrN2O2/c1-17-8-6-12(7-9-17)18(2)15(19)11-4-5-14(20-3)13(16)10-11/h4-5,10,12H,6-9H2,1-3H3. The van der Waals surface area contributed by atoms with E-state index in [9.17, 15) is 4.79 Å². The number of hydrogen-bond donors (Lipinski definition) is 0. The molecule has 4 nitrogen and oxygen atoms in total. The van der Waals surface area contributed by atoms with Crippen LogP contribution < -0.4 is 4.74 Å². The zero-order valence-corrected chi connectivity index (χ0v) is 13.8. The number of nitrogens with zero attached hydrogens (tertiary/aromatic N) is 2. The van der Waals surface area contributed by atoms with Gasteiger partial charge in [0.1, 0.15) is 5.75 Å². The van der Waals surface area contributed by atoms with Crippen LogP contribution in [0.5, 0.6) is 5.75 Å². The lowest BCUT2D eigenvalue weighted by Crippen LogP contribution is -2.44. The second kappa shape index (κ2) is 6.59. The first-order valence-corrected chi connectivity index (χ1v) is 7.61. The Morgan fingerprint density at radius 2 is 2.05 bits per heavy atom. The minimum absolute atomic E-state index is 0.0721. The van der Waals surface area contributed by atoms with Gasteiger partial charge >= 0.3 is 0 Å². The van der Waals surface area contributed by atoms with E-state index in [1.165, 1.54) is 0 Å². The van der Waals surface area contributed by atoms with Crippen LogP contribution in [0.15, 0.2) is 22.7 Å². The molecule has 0 unspecified atom stereocenters. The molecule has 5 heteroatoms. The van der Waals surface area contributed by atoms with Gasteiger partial charge in [-0.3, -0.25) is 4.79 Å². The Labute approximate surface area is 128 Å². The quantitative estimate of drug-likeness (QED) is 0.847. The zero-order valence-electron chi connectivity index (χ0n) is 12.2. The number of likely N-dealkylation sites (tertiary alicyclic amines) is 1. The van der Waals surface area contributed by atoms with Crippen LogP contribution in [0.2, 0.25) is 0 Å². The molecule has 1 aromatic rings. The highest BCUT2D eigenvalue weighted by Crippen LogP contribution is 2.26. The summed E-state index contributed by atoms with van der Waals surface area (Å²) in [5.74, 6) is 0.811. The van der Waals surface area contributed by atoms with E-state index in [1.807, 2.05) is 30.1 Å². The maximum Gasteiger partial charge on any atom is 0.253 e. The molecule has 2 rings (SSSR count). The SMILES string of the molecule is COc1ccc(C(=O)N(C)C2CCN(C)CC2)cc1Br. The lowest BCUT2D eigenvalue weighted by molar-refractivity contribution is 0.0659. The zero-order chi connectivity index (χ0) is 14.7. The molecule has 1 aliphatic rings. The fourth-order valence-electron chi connectivity index (χ4n) is 2.55. The number of benzene rings is 1. The highest BCUT2D eigenvalue weighted by molar-refractivity contribution is 9.10. The van der Waals surface area contributed by atoms with Crippen LogP contribution in [-0.2, 0) is 0 Å². The molecule has 20 heavy (non-hydrogen) atoms. The fraction of sp³-hybridized carbons (Fsp3) is 0.533. The Morgan fingerprint density at radius 3 is 2.60 bits per heavy atom. The van der Waals surface area contributed by atoms with E-state index >= 15 is 0 Å². The smallest absolute Gasteiger partial charge is 0.253 e. The van der Waals surface area contributed by atoms with Crippen molar-refractivity contribution in [3.05, 3.63) is 28.2 Å². The van der Waals surface area contributed by atoms with Gasteiger partial charge in [0.2, 0.25) is 0 Å². The number of piperidine rings is 1. The lowest BCUT2D eigenvalue weighted by Gasteiger charge is -2.35. The maximum atomic E-state index is 12.5. The minimum Gasteiger partial charge on any atom is -0.496 e. The minimum atomic E-state index is 0.0721. The van der Waals surface area contributed by atoms with Crippen molar-refractivity contribution in [3.63, 3.8) is 0 Å². The Bertz CT molecular complexity index is 485. The number of ether oxygens (including phenoxy) is 1. The number of rotatable bonds is 3. The molecule has 0 aromatic heterocycles. The molecule has 1 saturated heterocycles.